The fourth-order valence-electron chi connectivity index (χ4n) is 2.65. The normalized spacial score (nSPS) is 12.6. The van der Waals surface area contributed by atoms with Crippen LogP contribution in [0.2, 0.25) is 3.67 Å². The maximum Gasteiger partial charge on any atom is 0.119 e. The van der Waals surface area contributed by atoms with Crippen molar-refractivity contribution < 1.29 is 19.7 Å². The third-order valence-electron chi connectivity index (χ3n) is 4.29. The summed E-state index contributed by atoms with van der Waals surface area (Å²) >= 11 is 1.36. The molecule has 0 radical (unpaired) electrons. The van der Waals surface area contributed by atoms with Crippen LogP contribution in [0.3, 0.4) is 0 Å². The minimum absolute atomic E-state index is 0.109. The van der Waals surface area contributed by atoms with Gasteiger partial charge in [0.05, 0.1) is 6.61 Å². The number of unbranched alkanes of at least 4 members (excludes halogenated alkanes) is 10. The summed E-state index contributed by atoms with van der Waals surface area (Å²) in [6.45, 7) is -0.482. The molecule has 2 N–H and O–H groups in total. The number of carbonyl (C=O) groups excluding carboxylic acids is 1. The molecule has 0 fully saturated rings. The van der Waals surface area contributed by atoms with Crippen molar-refractivity contribution in [3.8, 4) is 0 Å². The molecular weight excluding hydrogens is 327 g/mol. The molecule has 142 valence electrons. The molecule has 5 heteroatoms. The smallest absolute Gasteiger partial charge is 0.119 e. The van der Waals surface area contributed by atoms with E-state index in [0.717, 1.165) is 19.3 Å². The molecule has 0 rings (SSSR count). The van der Waals surface area contributed by atoms with Crippen molar-refractivity contribution in [2.24, 2.45) is 0 Å². The molecule has 0 aromatic rings. The molecule has 0 spiro atoms. The number of hydrogen-bond donors (Lipinski definition) is 2. The van der Waals surface area contributed by atoms with Crippen LogP contribution in [0.1, 0.15) is 83.5 Å². The Morgan fingerprint density at radius 2 is 1.40 bits per heavy atom. The van der Waals surface area contributed by atoms with Crippen LogP contribution < -0.4 is 0 Å². The Morgan fingerprint density at radius 3 is 1.96 bits per heavy atom. The summed E-state index contributed by atoms with van der Waals surface area (Å²) in [4.78, 5) is 11.4. The Kier molecular flexibility index (Phi) is 20.5. The van der Waals surface area contributed by atoms with Crippen LogP contribution in [0.15, 0.2) is 12.2 Å². The standard InChI is InChI=1S/C20H37O4.Na/c1-2-3-4-5-6-7-8-9-10-11-12-13-14-15-16-20(23)24-18-19(22)17-21;/h8-9,19,21-22H,1-7,10-18H2;/b9-8-;. The summed E-state index contributed by atoms with van der Waals surface area (Å²) in [5.74, 6) is -0.285. The fraction of sp³-hybridized carbons (Fsp3) is 0.850. The second kappa shape index (κ2) is 20.4. The van der Waals surface area contributed by atoms with Crippen molar-refractivity contribution in [1.82, 2.24) is 0 Å². The van der Waals surface area contributed by atoms with E-state index in [2.05, 4.69) is 12.2 Å². The van der Waals surface area contributed by atoms with Gasteiger partial charge in [-0.05, 0) is 6.42 Å². The van der Waals surface area contributed by atoms with Gasteiger partial charge in [-0.25, -0.2) is 0 Å². The number of aliphatic hydroxyl groups is 2. The van der Waals surface area contributed by atoms with E-state index in [9.17, 15) is 4.79 Å². The van der Waals surface area contributed by atoms with E-state index in [0.29, 0.717) is 6.42 Å². The number of allylic oxidation sites excluding steroid dienone is 2. The number of ether oxygens (including phenoxy) is 1. The molecule has 25 heavy (non-hydrogen) atoms. The molecule has 0 amide bonds. The van der Waals surface area contributed by atoms with Gasteiger partial charge in [0.25, 0.3) is 0 Å². The van der Waals surface area contributed by atoms with Crippen molar-refractivity contribution >= 4 is 33.9 Å². The van der Waals surface area contributed by atoms with Gasteiger partial charge in [-0.15, -0.1) is 0 Å². The maximum atomic E-state index is 11.4. The first-order chi connectivity index (χ1) is 12.2. The molecule has 0 aliphatic carbocycles. The summed E-state index contributed by atoms with van der Waals surface area (Å²) in [6.07, 6.45) is 19.0. The number of aliphatic hydroxyl groups excluding tert-OH is 2. The van der Waals surface area contributed by atoms with Gasteiger partial charge in [0.15, 0.2) is 0 Å². The van der Waals surface area contributed by atoms with Crippen molar-refractivity contribution in [3.63, 3.8) is 0 Å². The third-order valence-corrected chi connectivity index (χ3v) is 5.00. The van der Waals surface area contributed by atoms with E-state index in [1.165, 1.54) is 89.4 Å². The zero-order valence-electron chi connectivity index (χ0n) is 16.3. The van der Waals surface area contributed by atoms with Crippen molar-refractivity contribution in [2.75, 3.05) is 13.2 Å². The zero-order chi connectivity index (χ0) is 18.6. The van der Waals surface area contributed by atoms with Crippen LogP contribution in [0.4, 0.5) is 0 Å². The van der Waals surface area contributed by atoms with Gasteiger partial charge in [-0.1, -0.05) is 12.8 Å². The SMILES string of the molecule is O=C(CCCCCCC/C=C\CCCCCC[CH2][Na])OCC(O)CO. The van der Waals surface area contributed by atoms with Crippen LogP contribution in [-0.4, -0.2) is 63.4 Å². The summed E-state index contributed by atoms with van der Waals surface area (Å²) in [6, 6.07) is 0. The molecule has 0 bridgehead atoms. The molecule has 0 saturated carbocycles. The van der Waals surface area contributed by atoms with Gasteiger partial charge in [-0.2, -0.15) is 0 Å². The Morgan fingerprint density at radius 1 is 0.880 bits per heavy atom. The van der Waals surface area contributed by atoms with Crippen molar-refractivity contribution in [1.29, 1.82) is 0 Å². The van der Waals surface area contributed by atoms with Crippen LogP contribution in [0.5, 0.6) is 0 Å². The molecule has 0 aliphatic rings. The quantitative estimate of drug-likeness (QED) is 0.166. The first kappa shape index (κ1) is 25.1. The van der Waals surface area contributed by atoms with E-state index < -0.39 is 6.10 Å². The van der Waals surface area contributed by atoms with Gasteiger partial charge in [0.2, 0.25) is 0 Å². The predicted molar refractivity (Wildman–Crippen MR) is 104 cm³/mol. The maximum absolute atomic E-state index is 11.4. The molecule has 0 aliphatic heterocycles. The summed E-state index contributed by atoms with van der Waals surface area (Å²) in [5, 5.41) is 17.7. The summed E-state index contributed by atoms with van der Waals surface area (Å²) < 4.78 is 6.31. The molecule has 1 atom stereocenters. The molecule has 0 heterocycles. The summed E-state index contributed by atoms with van der Waals surface area (Å²) in [5.41, 5.74) is 0. The number of carbonyl (C=O) groups is 1. The average Bonchev–Trinajstić information content (AvgIpc) is 2.62. The van der Waals surface area contributed by atoms with Crippen LogP contribution in [0.25, 0.3) is 0 Å². The van der Waals surface area contributed by atoms with E-state index in [4.69, 9.17) is 14.9 Å². The monoisotopic (exact) mass is 364 g/mol. The molecule has 4 nitrogen and oxygen atoms in total. The van der Waals surface area contributed by atoms with Crippen LogP contribution in [-0.2, 0) is 9.53 Å². The molecule has 0 aromatic carbocycles. The first-order valence-electron chi connectivity index (χ1n) is 10.3. The Labute approximate surface area is 171 Å². The van der Waals surface area contributed by atoms with Crippen molar-refractivity contribution in [2.45, 2.75) is 93.2 Å². The minimum atomic E-state index is -0.959. The first-order valence-corrected chi connectivity index (χ1v) is 11.7. The molecular formula is C20H37NaO4. The van der Waals surface area contributed by atoms with Gasteiger partial charge in [0, 0.05) is 6.42 Å². The zero-order valence-corrected chi connectivity index (χ0v) is 18.3. The molecule has 0 aromatic heterocycles. The minimum Gasteiger partial charge on any atom is -0.463 e. The average molecular weight is 365 g/mol. The fourth-order valence-corrected chi connectivity index (χ4v) is 3.15. The number of hydrogen-bond acceptors (Lipinski definition) is 4. The molecule has 0 saturated heterocycles. The van der Waals surface area contributed by atoms with Gasteiger partial charge in [-0.3, -0.25) is 4.79 Å². The van der Waals surface area contributed by atoms with Gasteiger partial charge >= 0.3 is 108 Å². The van der Waals surface area contributed by atoms with E-state index in [-0.39, 0.29) is 19.2 Å². The van der Waals surface area contributed by atoms with E-state index in [1.807, 2.05) is 0 Å². The van der Waals surface area contributed by atoms with Crippen molar-refractivity contribution in [3.05, 3.63) is 12.2 Å². The number of rotatable bonds is 18. The number of esters is 1. The Hall–Kier alpha value is 0.130. The second-order valence-electron chi connectivity index (χ2n) is 6.85. The predicted octanol–water partition coefficient (Wildman–Crippen LogP) is 4.10. The van der Waals surface area contributed by atoms with E-state index in [1.54, 1.807) is 0 Å². The second-order valence-corrected chi connectivity index (χ2v) is 7.85. The topological polar surface area (TPSA) is 66.8 Å². The Bertz CT molecular complexity index is 321. The van der Waals surface area contributed by atoms with Crippen LogP contribution >= 0.6 is 0 Å². The van der Waals surface area contributed by atoms with Gasteiger partial charge in [0.1, 0.15) is 12.7 Å². The largest absolute Gasteiger partial charge is 0.463 e. The third kappa shape index (κ3) is 20.3. The van der Waals surface area contributed by atoms with Gasteiger partial charge < -0.3 is 14.9 Å². The molecule has 1 unspecified atom stereocenters. The summed E-state index contributed by atoms with van der Waals surface area (Å²) in [7, 11) is 0. The Balaban J connectivity index is 3.22. The van der Waals surface area contributed by atoms with E-state index >= 15 is 0 Å². The van der Waals surface area contributed by atoms with Crippen LogP contribution in [0, 0.1) is 0 Å².